The zero-order valence-corrected chi connectivity index (χ0v) is 9.61. The number of aliphatic hydroxyl groups is 1. The molecule has 0 fully saturated rings. The maximum atomic E-state index is 12.3. The Hall–Kier alpha value is -2.67. The van der Waals surface area contributed by atoms with Crippen LogP contribution in [0.15, 0.2) is 36.5 Å². The van der Waals surface area contributed by atoms with Crippen LogP contribution in [0.5, 0.6) is 0 Å². The Morgan fingerprint density at radius 2 is 2.16 bits per heavy atom. The molecule has 0 radical (unpaired) electrons. The molecule has 1 atom stereocenters. The van der Waals surface area contributed by atoms with Crippen molar-refractivity contribution in [2.45, 2.75) is 6.23 Å². The number of benzene rings is 1. The minimum atomic E-state index is -1.10. The van der Waals surface area contributed by atoms with Gasteiger partial charge in [-0.25, -0.2) is 0 Å². The summed E-state index contributed by atoms with van der Waals surface area (Å²) in [5, 5.41) is 23.4. The van der Waals surface area contributed by atoms with Crippen LogP contribution in [0.2, 0.25) is 0 Å². The first-order chi connectivity index (χ1) is 9.08. The summed E-state index contributed by atoms with van der Waals surface area (Å²) in [6, 6.07) is 7.14. The number of nitro groups is 1. The fraction of sp³-hybridized carbons (Fsp3) is 0.0833. The Balaban J connectivity index is 2.18. The molecule has 0 aliphatic carbocycles. The molecule has 7 nitrogen and oxygen atoms in total. The molecule has 1 aromatic carbocycles. The summed E-state index contributed by atoms with van der Waals surface area (Å²) in [7, 11) is 0. The zero-order valence-electron chi connectivity index (χ0n) is 9.61. The highest BCUT2D eigenvalue weighted by molar-refractivity contribution is 6.02. The van der Waals surface area contributed by atoms with Crippen molar-refractivity contribution in [1.82, 2.24) is 4.57 Å². The Labute approximate surface area is 107 Å². The van der Waals surface area contributed by atoms with Crippen LogP contribution in [0.3, 0.4) is 0 Å². The van der Waals surface area contributed by atoms with Crippen molar-refractivity contribution in [2.75, 3.05) is 5.32 Å². The minimum absolute atomic E-state index is 0.141. The van der Waals surface area contributed by atoms with E-state index in [4.69, 9.17) is 0 Å². The second-order valence-corrected chi connectivity index (χ2v) is 4.14. The molecule has 1 aliphatic heterocycles. The number of nitro benzene ring substituents is 1. The van der Waals surface area contributed by atoms with E-state index in [2.05, 4.69) is 5.32 Å². The van der Waals surface area contributed by atoms with Gasteiger partial charge in [0.25, 0.3) is 11.6 Å². The Morgan fingerprint density at radius 3 is 2.89 bits per heavy atom. The number of hydrogen-bond donors (Lipinski definition) is 2. The molecule has 19 heavy (non-hydrogen) atoms. The maximum Gasteiger partial charge on any atom is 0.271 e. The number of non-ortho nitro benzene ring substituents is 1. The minimum Gasteiger partial charge on any atom is -0.368 e. The molecule has 1 aromatic heterocycles. The van der Waals surface area contributed by atoms with Gasteiger partial charge in [0, 0.05) is 18.3 Å². The van der Waals surface area contributed by atoms with Gasteiger partial charge >= 0.3 is 0 Å². The van der Waals surface area contributed by atoms with Crippen LogP contribution in [-0.4, -0.2) is 20.5 Å². The molecule has 1 aliphatic rings. The summed E-state index contributed by atoms with van der Waals surface area (Å²) in [6.07, 6.45) is 0.446. The van der Waals surface area contributed by atoms with Crippen molar-refractivity contribution < 1.29 is 14.8 Å². The first-order valence-corrected chi connectivity index (χ1v) is 5.53. The van der Waals surface area contributed by atoms with Gasteiger partial charge in [-0.1, -0.05) is 0 Å². The molecule has 7 heteroatoms. The highest BCUT2D eigenvalue weighted by Crippen LogP contribution is 2.30. The van der Waals surface area contributed by atoms with Crippen molar-refractivity contribution in [3.05, 3.63) is 57.9 Å². The molecule has 0 bridgehead atoms. The predicted molar refractivity (Wildman–Crippen MR) is 65.8 cm³/mol. The van der Waals surface area contributed by atoms with E-state index in [0.29, 0.717) is 5.69 Å². The summed E-state index contributed by atoms with van der Waals surface area (Å²) < 4.78 is 1.31. The number of nitrogens with one attached hydrogen (secondary N) is 1. The van der Waals surface area contributed by atoms with Gasteiger partial charge in [-0.05, 0) is 18.2 Å². The first-order valence-electron chi connectivity index (χ1n) is 5.53. The molecule has 0 unspecified atom stereocenters. The van der Waals surface area contributed by atoms with Crippen molar-refractivity contribution >= 4 is 17.3 Å². The monoisotopic (exact) mass is 259 g/mol. The fourth-order valence-corrected chi connectivity index (χ4v) is 2.10. The van der Waals surface area contributed by atoms with E-state index in [1.165, 1.54) is 22.8 Å². The lowest BCUT2D eigenvalue weighted by Crippen LogP contribution is -2.14. The average Bonchev–Trinajstić information content (AvgIpc) is 2.83. The number of aliphatic hydroxyl groups excluding tert-OH is 1. The van der Waals surface area contributed by atoms with Crippen LogP contribution in [0.25, 0.3) is 0 Å². The zero-order chi connectivity index (χ0) is 13.6. The summed E-state index contributed by atoms with van der Waals surface area (Å²) in [5.74, 6) is -0.339. The first kappa shape index (κ1) is 11.4. The smallest absolute Gasteiger partial charge is 0.271 e. The van der Waals surface area contributed by atoms with Crippen LogP contribution < -0.4 is 5.32 Å². The number of nitrogens with zero attached hydrogens (tertiary/aromatic N) is 2. The van der Waals surface area contributed by atoms with Crippen LogP contribution in [-0.2, 0) is 0 Å². The Bertz CT molecular complexity index is 692. The normalized spacial score (nSPS) is 17.1. The van der Waals surface area contributed by atoms with Crippen LogP contribution >= 0.6 is 0 Å². The standard InChI is InChI=1S/C12H9N3O4/c16-11-10-2-1-5-14(10)12(17)8-4-3-7(15(18)19)6-9(8)13-11/h1-6,11,13,16H/t11-/m0/s1. The van der Waals surface area contributed by atoms with Crippen molar-refractivity contribution in [1.29, 1.82) is 0 Å². The van der Waals surface area contributed by atoms with E-state index < -0.39 is 11.2 Å². The molecule has 0 spiro atoms. The number of hydrogen-bond acceptors (Lipinski definition) is 5. The van der Waals surface area contributed by atoms with E-state index in [-0.39, 0.29) is 22.8 Å². The number of carbonyl (C=O) groups excluding carboxylic acids is 1. The molecular formula is C12H9N3O4. The summed E-state index contributed by atoms with van der Waals surface area (Å²) >= 11 is 0. The molecule has 2 heterocycles. The molecule has 0 saturated heterocycles. The third-order valence-corrected chi connectivity index (χ3v) is 3.02. The quantitative estimate of drug-likeness (QED) is 0.597. The molecule has 96 valence electrons. The largest absolute Gasteiger partial charge is 0.368 e. The second-order valence-electron chi connectivity index (χ2n) is 4.14. The summed E-state index contributed by atoms with van der Waals surface area (Å²) in [5.41, 5.74) is 0.775. The van der Waals surface area contributed by atoms with E-state index in [9.17, 15) is 20.0 Å². The number of rotatable bonds is 1. The molecular weight excluding hydrogens is 250 g/mol. The number of fused-ring (bicyclic) bond motifs is 2. The second kappa shape index (κ2) is 3.92. The highest BCUT2D eigenvalue weighted by atomic mass is 16.6. The van der Waals surface area contributed by atoms with Gasteiger partial charge in [0.15, 0.2) is 6.23 Å². The maximum absolute atomic E-state index is 12.3. The van der Waals surface area contributed by atoms with Crippen molar-refractivity contribution in [3.63, 3.8) is 0 Å². The Morgan fingerprint density at radius 1 is 1.37 bits per heavy atom. The van der Waals surface area contributed by atoms with Crippen LogP contribution in [0.1, 0.15) is 22.3 Å². The van der Waals surface area contributed by atoms with Gasteiger partial charge in [0.1, 0.15) is 0 Å². The topological polar surface area (TPSA) is 97.4 Å². The highest BCUT2D eigenvalue weighted by Gasteiger charge is 2.26. The fourth-order valence-electron chi connectivity index (χ4n) is 2.10. The molecule has 0 amide bonds. The van der Waals surface area contributed by atoms with Gasteiger partial charge in [-0.3, -0.25) is 19.5 Å². The number of carbonyl (C=O) groups is 1. The SMILES string of the molecule is O=C1c2ccc([N+](=O)[O-])cc2N[C@@H](O)c2cccn21. The van der Waals surface area contributed by atoms with Crippen molar-refractivity contribution in [3.8, 4) is 0 Å². The third-order valence-electron chi connectivity index (χ3n) is 3.02. The van der Waals surface area contributed by atoms with Crippen LogP contribution in [0, 0.1) is 10.1 Å². The van der Waals surface area contributed by atoms with Crippen molar-refractivity contribution in [2.24, 2.45) is 0 Å². The van der Waals surface area contributed by atoms with E-state index in [0.717, 1.165) is 0 Å². The van der Waals surface area contributed by atoms with E-state index in [1.807, 2.05) is 0 Å². The van der Waals surface area contributed by atoms with Crippen LogP contribution in [0.4, 0.5) is 11.4 Å². The predicted octanol–water partition coefficient (Wildman–Crippen LogP) is 1.50. The summed E-state index contributed by atoms with van der Waals surface area (Å²) in [6.45, 7) is 0. The van der Waals surface area contributed by atoms with Gasteiger partial charge in [0.2, 0.25) is 0 Å². The Kier molecular flexibility index (Phi) is 2.36. The van der Waals surface area contributed by atoms with E-state index in [1.54, 1.807) is 18.3 Å². The van der Waals surface area contributed by atoms with Gasteiger partial charge < -0.3 is 10.4 Å². The molecule has 2 aromatic rings. The van der Waals surface area contributed by atoms with Gasteiger partial charge in [0.05, 0.1) is 21.9 Å². The lowest BCUT2D eigenvalue weighted by molar-refractivity contribution is -0.384. The summed E-state index contributed by atoms with van der Waals surface area (Å²) in [4.78, 5) is 22.4. The van der Waals surface area contributed by atoms with Gasteiger partial charge in [-0.2, -0.15) is 0 Å². The molecule has 3 rings (SSSR count). The molecule has 0 saturated carbocycles. The molecule has 2 N–H and O–H groups in total. The number of anilines is 1. The van der Waals surface area contributed by atoms with Gasteiger partial charge in [-0.15, -0.1) is 0 Å². The lowest BCUT2D eigenvalue weighted by Gasteiger charge is -2.11. The lowest BCUT2D eigenvalue weighted by atomic mass is 10.1. The number of aromatic nitrogens is 1. The van der Waals surface area contributed by atoms with E-state index >= 15 is 0 Å². The third kappa shape index (κ3) is 1.67. The average molecular weight is 259 g/mol.